The van der Waals surface area contributed by atoms with Gasteiger partial charge in [-0.15, -0.1) is 0 Å². The van der Waals surface area contributed by atoms with E-state index in [1.165, 1.54) is 4.57 Å². The molecule has 4 aromatic rings. The van der Waals surface area contributed by atoms with Gasteiger partial charge in [0.05, 0.1) is 5.69 Å². The fourth-order valence-corrected chi connectivity index (χ4v) is 2.97. The van der Waals surface area contributed by atoms with E-state index < -0.39 is 11.6 Å². The van der Waals surface area contributed by atoms with E-state index >= 15 is 0 Å². The van der Waals surface area contributed by atoms with Crippen LogP contribution >= 0.6 is 15.9 Å². The molecule has 0 aliphatic carbocycles. The predicted octanol–water partition coefficient (Wildman–Crippen LogP) is 2.64. The molecule has 1 amide bonds. The van der Waals surface area contributed by atoms with Crippen molar-refractivity contribution in [3.63, 3.8) is 0 Å². The number of halogens is 1. The highest BCUT2D eigenvalue weighted by Gasteiger charge is 2.20. The highest BCUT2D eigenvalue weighted by atomic mass is 79.9. The zero-order valence-electron chi connectivity index (χ0n) is 13.3. The number of nitrogens with two attached hydrogens (primary N) is 1. The van der Waals surface area contributed by atoms with E-state index in [-0.39, 0.29) is 11.2 Å². The maximum atomic E-state index is 12.5. The number of fused-ring (bicyclic) bond motifs is 1. The third-order valence-electron chi connectivity index (χ3n) is 3.89. The molecule has 7 nitrogen and oxygen atoms in total. The maximum Gasteiger partial charge on any atom is 0.332 e. The lowest BCUT2D eigenvalue weighted by molar-refractivity contribution is 0.0997. The van der Waals surface area contributed by atoms with Crippen LogP contribution in [0.5, 0.6) is 0 Å². The molecule has 0 unspecified atom stereocenters. The average Bonchev–Trinajstić information content (AvgIpc) is 2.97. The van der Waals surface area contributed by atoms with Crippen LogP contribution in [0.2, 0.25) is 0 Å². The average molecular weight is 410 g/mol. The lowest BCUT2D eigenvalue weighted by Crippen LogP contribution is -2.15. The van der Waals surface area contributed by atoms with Crippen molar-refractivity contribution >= 4 is 33.0 Å². The fraction of sp³-hybridized carbons (Fsp3) is 0. The Labute approximate surface area is 155 Å². The molecule has 0 atom stereocenters. The number of imidazole rings is 1. The van der Waals surface area contributed by atoms with Crippen LogP contribution in [0.25, 0.3) is 28.2 Å². The van der Waals surface area contributed by atoms with Crippen molar-refractivity contribution in [2.24, 2.45) is 5.73 Å². The second-order valence-corrected chi connectivity index (χ2v) is 6.48. The van der Waals surface area contributed by atoms with E-state index in [0.29, 0.717) is 22.7 Å². The largest absolute Gasteiger partial charge is 0.364 e. The van der Waals surface area contributed by atoms with Gasteiger partial charge in [-0.1, -0.05) is 46.3 Å². The summed E-state index contributed by atoms with van der Waals surface area (Å²) >= 11 is 3.38. The molecular weight excluding hydrogens is 398 g/mol. The number of hydrogen-bond acceptors (Lipinski definition) is 4. The minimum atomic E-state index is -0.739. The van der Waals surface area contributed by atoms with E-state index in [0.717, 1.165) is 4.47 Å². The molecule has 0 aliphatic rings. The highest BCUT2D eigenvalue weighted by Crippen LogP contribution is 2.23. The zero-order chi connectivity index (χ0) is 18.3. The number of nitrogens with one attached hydrogen (secondary N) is 1. The smallest absolute Gasteiger partial charge is 0.332 e. The standard InChI is InChI=1S/C18H12BrN5O2/c19-11-8-6-10(7-9-11)16-21-13(15(20)25)14-17(23-16)24(18(26)22-14)12-4-2-1-3-5-12/h1-9H,(H2,20,25)(H,22,26). The van der Waals surface area contributed by atoms with Gasteiger partial charge < -0.3 is 10.7 Å². The molecule has 4 rings (SSSR count). The van der Waals surface area contributed by atoms with Crippen molar-refractivity contribution in [1.82, 2.24) is 19.5 Å². The van der Waals surface area contributed by atoms with Crippen molar-refractivity contribution < 1.29 is 4.79 Å². The Hall–Kier alpha value is -3.26. The summed E-state index contributed by atoms with van der Waals surface area (Å²) in [6, 6.07) is 16.3. The number of para-hydroxylation sites is 1. The summed E-state index contributed by atoms with van der Waals surface area (Å²) in [7, 11) is 0. The van der Waals surface area contributed by atoms with Gasteiger partial charge in [-0.2, -0.15) is 0 Å². The Kier molecular flexibility index (Phi) is 3.89. The monoisotopic (exact) mass is 409 g/mol. The Balaban J connectivity index is 2.06. The molecule has 0 bridgehead atoms. The SMILES string of the molecule is NC(=O)c1nc(-c2ccc(Br)cc2)nc2c1[nH]c(=O)n2-c1ccccc1. The summed E-state index contributed by atoms with van der Waals surface area (Å²) in [5, 5.41) is 0. The van der Waals surface area contributed by atoms with E-state index in [9.17, 15) is 9.59 Å². The van der Waals surface area contributed by atoms with Gasteiger partial charge in [0.25, 0.3) is 5.91 Å². The van der Waals surface area contributed by atoms with Gasteiger partial charge in [0.1, 0.15) is 5.52 Å². The molecule has 128 valence electrons. The Morgan fingerprint density at radius 2 is 1.73 bits per heavy atom. The second kappa shape index (κ2) is 6.23. The van der Waals surface area contributed by atoms with Crippen molar-refractivity contribution in [2.75, 3.05) is 0 Å². The number of H-pyrrole nitrogens is 1. The van der Waals surface area contributed by atoms with Crippen molar-refractivity contribution in [2.45, 2.75) is 0 Å². The van der Waals surface area contributed by atoms with E-state index in [1.54, 1.807) is 12.1 Å². The summed E-state index contributed by atoms with van der Waals surface area (Å²) in [6.07, 6.45) is 0. The number of nitrogens with zero attached hydrogens (tertiary/aromatic N) is 3. The third-order valence-corrected chi connectivity index (χ3v) is 4.42. The molecule has 2 heterocycles. The lowest BCUT2D eigenvalue weighted by Gasteiger charge is -2.06. The predicted molar refractivity (Wildman–Crippen MR) is 101 cm³/mol. The molecule has 0 aliphatic heterocycles. The lowest BCUT2D eigenvalue weighted by atomic mass is 10.2. The first kappa shape index (κ1) is 16.2. The minimum absolute atomic E-state index is 0.0281. The molecule has 0 spiro atoms. The molecule has 0 saturated heterocycles. The number of amides is 1. The van der Waals surface area contributed by atoms with Gasteiger partial charge in [-0.05, 0) is 24.3 Å². The zero-order valence-corrected chi connectivity index (χ0v) is 14.9. The van der Waals surface area contributed by atoms with Gasteiger partial charge in [0.2, 0.25) is 0 Å². The normalized spacial score (nSPS) is 11.0. The van der Waals surface area contributed by atoms with Crippen molar-refractivity contribution in [3.05, 3.63) is 75.2 Å². The van der Waals surface area contributed by atoms with Crippen molar-refractivity contribution in [3.8, 4) is 17.1 Å². The van der Waals surface area contributed by atoms with Crippen LogP contribution in [0, 0.1) is 0 Å². The number of benzene rings is 2. The number of carbonyl (C=O) groups is 1. The topological polar surface area (TPSA) is 107 Å². The number of rotatable bonds is 3. The number of hydrogen-bond donors (Lipinski definition) is 2. The Bertz CT molecular complexity index is 1180. The van der Waals surface area contributed by atoms with Crippen molar-refractivity contribution in [1.29, 1.82) is 0 Å². The van der Waals surface area contributed by atoms with Gasteiger partial charge in [0.15, 0.2) is 17.2 Å². The first-order valence-corrected chi connectivity index (χ1v) is 8.48. The summed E-state index contributed by atoms with van der Waals surface area (Å²) in [5.74, 6) is -0.431. The third kappa shape index (κ3) is 2.70. The number of aromatic amines is 1. The molecule has 8 heteroatoms. The number of carbonyl (C=O) groups excluding carboxylic acids is 1. The van der Waals surface area contributed by atoms with Crippen LogP contribution in [0.1, 0.15) is 10.5 Å². The fourth-order valence-electron chi connectivity index (χ4n) is 2.71. The molecule has 26 heavy (non-hydrogen) atoms. The second-order valence-electron chi connectivity index (χ2n) is 5.57. The Morgan fingerprint density at radius 1 is 1.04 bits per heavy atom. The molecule has 0 fully saturated rings. The van der Waals surface area contributed by atoms with Crippen LogP contribution in [-0.4, -0.2) is 25.4 Å². The number of aromatic nitrogens is 4. The quantitative estimate of drug-likeness (QED) is 0.542. The Morgan fingerprint density at radius 3 is 2.38 bits per heavy atom. The van der Waals surface area contributed by atoms with Gasteiger partial charge in [-0.3, -0.25) is 4.79 Å². The molecule has 0 saturated carbocycles. The molecule has 2 aromatic carbocycles. The van der Waals surface area contributed by atoms with Crippen LogP contribution in [0.4, 0.5) is 0 Å². The molecule has 2 aromatic heterocycles. The summed E-state index contributed by atoms with van der Waals surface area (Å²) in [6.45, 7) is 0. The molecule has 0 radical (unpaired) electrons. The molecule has 3 N–H and O–H groups in total. The highest BCUT2D eigenvalue weighted by molar-refractivity contribution is 9.10. The first-order chi connectivity index (χ1) is 12.5. The van der Waals surface area contributed by atoms with E-state index in [2.05, 4.69) is 30.9 Å². The summed E-state index contributed by atoms with van der Waals surface area (Å²) < 4.78 is 2.30. The van der Waals surface area contributed by atoms with E-state index in [4.69, 9.17) is 5.73 Å². The van der Waals surface area contributed by atoms with Gasteiger partial charge >= 0.3 is 5.69 Å². The first-order valence-electron chi connectivity index (χ1n) is 7.68. The molecular formula is C18H12BrN5O2. The van der Waals surface area contributed by atoms with Crippen LogP contribution < -0.4 is 11.4 Å². The number of primary amides is 1. The van der Waals surface area contributed by atoms with E-state index in [1.807, 2.05) is 42.5 Å². The van der Waals surface area contributed by atoms with Crippen LogP contribution in [-0.2, 0) is 0 Å². The van der Waals surface area contributed by atoms with Gasteiger partial charge in [0, 0.05) is 10.0 Å². The summed E-state index contributed by atoms with van der Waals surface area (Å²) in [4.78, 5) is 35.8. The van der Waals surface area contributed by atoms with Gasteiger partial charge in [-0.25, -0.2) is 19.3 Å². The van der Waals surface area contributed by atoms with Crippen LogP contribution in [0.3, 0.4) is 0 Å². The minimum Gasteiger partial charge on any atom is -0.364 e. The maximum absolute atomic E-state index is 12.5. The summed E-state index contributed by atoms with van der Waals surface area (Å²) in [5.41, 5.74) is 6.87. The van der Waals surface area contributed by atoms with Crippen LogP contribution in [0.15, 0.2) is 63.9 Å².